The van der Waals surface area contributed by atoms with Gasteiger partial charge >= 0.3 is 5.97 Å². The Bertz CT molecular complexity index is 1120. The summed E-state index contributed by atoms with van der Waals surface area (Å²) in [5, 5.41) is 2.64. The molecule has 166 valence electrons. The average molecular weight is 474 g/mol. The number of thioether (sulfide) groups is 1. The van der Waals surface area contributed by atoms with E-state index in [9.17, 15) is 14.0 Å². The number of rotatable bonds is 8. The lowest BCUT2D eigenvalue weighted by Gasteiger charge is -2.13. The molecule has 32 heavy (non-hydrogen) atoms. The lowest BCUT2D eigenvalue weighted by molar-refractivity contribution is -0.142. The van der Waals surface area contributed by atoms with Crippen molar-refractivity contribution in [3.63, 3.8) is 0 Å². The van der Waals surface area contributed by atoms with E-state index in [0.29, 0.717) is 17.0 Å². The maximum atomic E-state index is 13.4. The van der Waals surface area contributed by atoms with Crippen LogP contribution in [0, 0.1) is 5.82 Å². The number of esters is 1. The zero-order valence-corrected chi connectivity index (χ0v) is 19.1. The van der Waals surface area contributed by atoms with Gasteiger partial charge in [-0.2, -0.15) is 0 Å². The highest BCUT2D eigenvalue weighted by atomic mass is 35.5. The van der Waals surface area contributed by atoms with Crippen LogP contribution in [0.15, 0.2) is 65.6 Å². The lowest BCUT2D eigenvalue weighted by atomic mass is 10.1. The third-order valence-corrected chi connectivity index (χ3v) is 5.95. The van der Waals surface area contributed by atoms with Crippen molar-refractivity contribution in [1.29, 1.82) is 0 Å². The van der Waals surface area contributed by atoms with Gasteiger partial charge in [0.15, 0.2) is 0 Å². The number of benzene rings is 3. The minimum Gasteiger partial charge on any atom is -0.497 e. The molecule has 0 fully saturated rings. The molecule has 0 atom stereocenters. The predicted molar refractivity (Wildman–Crippen MR) is 124 cm³/mol. The number of nitrogens with one attached hydrogen (secondary N) is 1. The molecule has 0 saturated carbocycles. The molecule has 1 amide bonds. The maximum absolute atomic E-state index is 13.4. The molecule has 0 aliphatic carbocycles. The van der Waals surface area contributed by atoms with Crippen LogP contribution in [0.4, 0.5) is 10.1 Å². The second-order valence-corrected chi connectivity index (χ2v) is 8.25. The normalized spacial score (nSPS) is 10.5. The molecule has 0 aromatic heterocycles. The van der Waals surface area contributed by atoms with Gasteiger partial charge in [-0.25, -0.2) is 4.39 Å². The predicted octanol–water partition coefficient (Wildman–Crippen LogP) is 6.10. The first kappa shape index (κ1) is 23.6. The molecule has 0 unspecified atom stereocenters. The molecule has 5 nitrogen and oxygen atoms in total. The quantitative estimate of drug-likeness (QED) is 0.316. The molecular formula is C24H21ClFNO4S. The summed E-state index contributed by atoms with van der Waals surface area (Å²) in [6.45, 7) is 1.45. The van der Waals surface area contributed by atoms with Crippen LogP contribution in [0.2, 0.25) is 5.02 Å². The van der Waals surface area contributed by atoms with Gasteiger partial charge in [-0.1, -0.05) is 29.8 Å². The minimum absolute atomic E-state index is 0.0738. The fraction of sp³-hybridized carbons (Fsp3) is 0.167. The largest absolute Gasteiger partial charge is 0.497 e. The Labute approximate surface area is 194 Å². The van der Waals surface area contributed by atoms with Crippen LogP contribution in [0.1, 0.15) is 28.4 Å². The Morgan fingerprint density at radius 3 is 2.47 bits per heavy atom. The van der Waals surface area contributed by atoms with E-state index in [0.717, 1.165) is 21.8 Å². The van der Waals surface area contributed by atoms with E-state index in [-0.39, 0.29) is 23.5 Å². The van der Waals surface area contributed by atoms with E-state index in [2.05, 4.69) is 5.32 Å². The average Bonchev–Trinajstić information content (AvgIpc) is 2.79. The van der Waals surface area contributed by atoms with Crippen molar-refractivity contribution < 1.29 is 23.5 Å². The van der Waals surface area contributed by atoms with Crippen molar-refractivity contribution in [3.05, 3.63) is 88.2 Å². The summed E-state index contributed by atoms with van der Waals surface area (Å²) in [6, 6.07) is 16.8. The lowest BCUT2D eigenvalue weighted by Crippen LogP contribution is -2.12. The maximum Gasteiger partial charge on any atom is 0.302 e. The fourth-order valence-electron chi connectivity index (χ4n) is 2.79. The molecule has 0 radical (unpaired) electrons. The molecular weight excluding hydrogens is 453 g/mol. The number of hydrogen-bond acceptors (Lipinski definition) is 5. The van der Waals surface area contributed by atoms with Crippen molar-refractivity contribution in [2.45, 2.75) is 24.2 Å². The van der Waals surface area contributed by atoms with Crippen LogP contribution >= 0.6 is 23.4 Å². The summed E-state index contributed by atoms with van der Waals surface area (Å²) in [5.41, 5.74) is 2.66. The number of methoxy groups -OCH3 is 1. The van der Waals surface area contributed by atoms with Crippen molar-refractivity contribution in [3.8, 4) is 5.75 Å². The number of anilines is 1. The number of hydrogen-bond donors (Lipinski definition) is 1. The second-order valence-electron chi connectivity index (χ2n) is 6.82. The van der Waals surface area contributed by atoms with Crippen molar-refractivity contribution in [2.75, 3.05) is 12.4 Å². The molecule has 0 heterocycles. The van der Waals surface area contributed by atoms with Gasteiger partial charge < -0.3 is 14.8 Å². The first-order valence-electron chi connectivity index (χ1n) is 9.64. The molecule has 0 bridgehead atoms. The highest BCUT2D eigenvalue weighted by Crippen LogP contribution is 2.29. The molecule has 0 saturated heterocycles. The smallest absolute Gasteiger partial charge is 0.302 e. The molecule has 3 aromatic rings. The van der Waals surface area contributed by atoms with Crippen molar-refractivity contribution in [2.24, 2.45) is 0 Å². The number of ether oxygens (including phenoxy) is 2. The molecule has 0 aliphatic rings. The third kappa shape index (κ3) is 6.48. The summed E-state index contributed by atoms with van der Waals surface area (Å²) in [4.78, 5) is 24.8. The van der Waals surface area contributed by atoms with Crippen LogP contribution in [0.3, 0.4) is 0 Å². The van der Waals surface area contributed by atoms with E-state index in [1.165, 1.54) is 36.9 Å². The first-order chi connectivity index (χ1) is 15.4. The highest BCUT2D eigenvalue weighted by molar-refractivity contribution is 7.98. The Morgan fingerprint density at radius 2 is 1.81 bits per heavy atom. The first-order valence-corrected chi connectivity index (χ1v) is 11.0. The molecule has 3 rings (SSSR count). The van der Waals surface area contributed by atoms with Crippen LogP contribution in [0.25, 0.3) is 0 Å². The SMILES string of the molecule is COc1ccc(CSc2cc(C(=O)Nc3ccc(F)c(Cl)c3)ccc2COC(C)=O)cc1. The summed E-state index contributed by atoms with van der Waals surface area (Å²) in [5.74, 6) is 0.116. The van der Waals surface area contributed by atoms with Gasteiger partial charge in [0, 0.05) is 34.4 Å². The van der Waals surface area contributed by atoms with Gasteiger partial charge in [0.1, 0.15) is 18.2 Å². The summed E-state index contributed by atoms with van der Waals surface area (Å²) >= 11 is 7.31. The van der Waals surface area contributed by atoms with Gasteiger partial charge in [0.2, 0.25) is 0 Å². The highest BCUT2D eigenvalue weighted by Gasteiger charge is 2.13. The summed E-state index contributed by atoms with van der Waals surface area (Å²) in [6.07, 6.45) is 0. The monoisotopic (exact) mass is 473 g/mol. The zero-order chi connectivity index (χ0) is 23.1. The molecule has 3 aromatic carbocycles. The van der Waals surface area contributed by atoms with E-state index >= 15 is 0 Å². The van der Waals surface area contributed by atoms with E-state index in [1.807, 2.05) is 24.3 Å². The van der Waals surface area contributed by atoms with Crippen LogP contribution < -0.4 is 10.1 Å². The zero-order valence-electron chi connectivity index (χ0n) is 17.5. The number of carbonyl (C=O) groups is 2. The van der Waals surface area contributed by atoms with Crippen molar-refractivity contribution in [1.82, 2.24) is 0 Å². The van der Waals surface area contributed by atoms with Crippen LogP contribution in [0.5, 0.6) is 5.75 Å². The molecule has 1 N–H and O–H groups in total. The number of halogens is 2. The Hall–Kier alpha value is -3.03. The van der Waals surface area contributed by atoms with Gasteiger partial charge in [0.25, 0.3) is 5.91 Å². The number of amides is 1. The van der Waals surface area contributed by atoms with Crippen LogP contribution in [-0.4, -0.2) is 19.0 Å². The van der Waals surface area contributed by atoms with Gasteiger partial charge in [-0.05, 0) is 48.0 Å². The molecule has 0 aliphatic heterocycles. The summed E-state index contributed by atoms with van der Waals surface area (Å²) in [7, 11) is 1.61. The van der Waals surface area contributed by atoms with Crippen molar-refractivity contribution >= 4 is 40.9 Å². The standard InChI is InChI=1S/C24H21ClFNO4S/c1-15(28)31-13-18-6-5-17(24(29)27-19-7-10-22(26)21(25)12-19)11-23(18)32-14-16-3-8-20(30-2)9-4-16/h3-12H,13-14H2,1-2H3,(H,27,29). The topological polar surface area (TPSA) is 64.6 Å². The molecule has 0 spiro atoms. The Kier molecular flexibility index (Phi) is 8.14. The Morgan fingerprint density at radius 1 is 1.06 bits per heavy atom. The number of carbonyl (C=O) groups excluding carboxylic acids is 2. The van der Waals surface area contributed by atoms with E-state index in [4.69, 9.17) is 21.1 Å². The summed E-state index contributed by atoms with van der Waals surface area (Å²) < 4.78 is 23.7. The fourth-order valence-corrected chi connectivity index (χ4v) is 4.01. The minimum atomic E-state index is -0.559. The van der Waals surface area contributed by atoms with Crippen LogP contribution in [-0.2, 0) is 21.9 Å². The third-order valence-electron chi connectivity index (χ3n) is 4.49. The van der Waals surface area contributed by atoms with Gasteiger partial charge in [0.05, 0.1) is 12.1 Å². The second kappa shape index (κ2) is 11.0. The van der Waals surface area contributed by atoms with E-state index in [1.54, 1.807) is 25.3 Å². The Balaban J connectivity index is 1.79. The van der Waals surface area contributed by atoms with E-state index < -0.39 is 5.82 Å². The van der Waals surface area contributed by atoms with Gasteiger partial charge in [-0.15, -0.1) is 11.8 Å². The molecule has 8 heteroatoms. The van der Waals surface area contributed by atoms with Gasteiger partial charge in [-0.3, -0.25) is 9.59 Å².